The Labute approximate surface area is 134 Å². The molecule has 2 rings (SSSR count). The Kier molecular flexibility index (Phi) is 5.28. The molecule has 0 saturated carbocycles. The van der Waals surface area contributed by atoms with Crippen LogP contribution in [0.4, 0.5) is 15.8 Å². The van der Waals surface area contributed by atoms with Crippen molar-refractivity contribution in [3.8, 4) is 0 Å². The van der Waals surface area contributed by atoms with Crippen LogP contribution in [0.3, 0.4) is 0 Å². The molecule has 0 aliphatic carbocycles. The average Bonchev–Trinajstić information content (AvgIpc) is 2.53. The van der Waals surface area contributed by atoms with Crippen molar-refractivity contribution in [3.63, 3.8) is 0 Å². The lowest BCUT2D eigenvalue weighted by atomic mass is 10.1. The second-order valence-electron chi connectivity index (χ2n) is 5.36. The van der Waals surface area contributed by atoms with Gasteiger partial charge in [0.25, 0.3) is 5.69 Å². The van der Waals surface area contributed by atoms with Crippen LogP contribution in [0.15, 0.2) is 42.5 Å². The molecule has 0 saturated heterocycles. The van der Waals surface area contributed by atoms with Crippen molar-refractivity contribution in [1.82, 2.24) is 0 Å². The molecule has 5 nitrogen and oxygen atoms in total. The topological polar surface area (TPSA) is 66.6 Å². The molecule has 2 aromatic carbocycles. The third-order valence-corrected chi connectivity index (χ3v) is 3.71. The molecule has 2 aromatic rings. The number of rotatable bonds is 6. The van der Waals surface area contributed by atoms with E-state index >= 15 is 0 Å². The molecule has 0 aromatic heterocycles. The lowest BCUT2D eigenvalue weighted by molar-refractivity contribution is -0.384. The van der Waals surface area contributed by atoms with Crippen LogP contribution in [0.2, 0.25) is 0 Å². The number of nitro benzene ring substituents is 1. The van der Waals surface area contributed by atoms with Gasteiger partial charge in [0, 0.05) is 13.1 Å². The lowest BCUT2D eigenvalue weighted by Gasteiger charge is -2.26. The van der Waals surface area contributed by atoms with Crippen LogP contribution in [0.25, 0.3) is 0 Å². The number of benzene rings is 2. The number of likely N-dealkylation sites (N-methyl/N-ethyl adjacent to an activating group) is 1. The van der Waals surface area contributed by atoms with Gasteiger partial charge in [0.05, 0.1) is 17.1 Å². The lowest BCUT2D eigenvalue weighted by Crippen LogP contribution is -2.29. The standard InChI is InChI=1S/C17H19FN2O3/c1-3-19(11-17(21)13-6-4-12(2)5-7-13)15-9-8-14(18)10-16(15)20(22)23/h4-10,17,21H,3,11H2,1-2H3. The molecule has 0 fully saturated rings. The quantitative estimate of drug-likeness (QED) is 0.653. The van der Waals surface area contributed by atoms with E-state index < -0.39 is 16.8 Å². The number of halogens is 1. The van der Waals surface area contributed by atoms with Crippen molar-refractivity contribution >= 4 is 11.4 Å². The molecule has 0 aliphatic heterocycles. The summed E-state index contributed by atoms with van der Waals surface area (Å²) in [6.45, 7) is 4.42. The van der Waals surface area contributed by atoms with E-state index in [4.69, 9.17) is 0 Å². The Hall–Kier alpha value is -2.47. The Morgan fingerprint density at radius 2 is 1.91 bits per heavy atom. The summed E-state index contributed by atoms with van der Waals surface area (Å²) in [7, 11) is 0. The zero-order valence-corrected chi connectivity index (χ0v) is 13.1. The first-order valence-electron chi connectivity index (χ1n) is 7.36. The molecule has 0 spiro atoms. The Bertz CT molecular complexity index is 689. The predicted molar refractivity (Wildman–Crippen MR) is 87.1 cm³/mol. The fraction of sp³-hybridized carbons (Fsp3) is 0.294. The summed E-state index contributed by atoms with van der Waals surface area (Å²) in [5.74, 6) is -0.657. The molecular formula is C17H19FN2O3. The van der Waals surface area contributed by atoms with Crippen LogP contribution < -0.4 is 4.90 Å². The molecule has 0 bridgehead atoms. The van der Waals surface area contributed by atoms with Crippen LogP contribution >= 0.6 is 0 Å². The minimum atomic E-state index is -0.791. The molecule has 0 radical (unpaired) electrons. The molecule has 0 heterocycles. The largest absolute Gasteiger partial charge is 0.387 e. The van der Waals surface area contributed by atoms with Gasteiger partial charge in [0.1, 0.15) is 11.5 Å². The number of nitro groups is 1. The summed E-state index contributed by atoms with van der Waals surface area (Å²) in [6, 6.07) is 10.9. The molecule has 122 valence electrons. The Morgan fingerprint density at radius 1 is 1.26 bits per heavy atom. The number of aryl methyl sites for hydroxylation is 1. The van der Waals surface area contributed by atoms with E-state index in [-0.39, 0.29) is 12.2 Å². The van der Waals surface area contributed by atoms with E-state index in [1.165, 1.54) is 12.1 Å². The van der Waals surface area contributed by atoms with E-state index in [0.717, 1.165) is 17.2 Å². The first-order chi connectivity index (χ1) is 10.9. The number of hydrogen-bond acceptors (Lipinski definition) is 4. The average molecular weight is 318 g/mol. The van der Waals surface area contributed by atoms with Gasteiger partial charge in [-0.25, -0.2) is 4.39 Å². The summed E-state index contributed by atoms with van der Waals surface area (Å²) in [5.41, 5.74) is 1.81. The highest BCUT2D eigenvalue weighted by molar-refractivity contribution is 5.63. The second-order valence-corrected chi connectivity index (χ2v) is 5.36. The van der Waals surface area contributed by atoms with Gasteiger partial charge in [0.2, 0.25) is 0 Å². The smallest absolute Gasteiger partial charge is 0.295 e. The van der Waals surface area contributed by atoms with Gasteiger partial charge in [-0.3, -0.25) is 10.1 Å². The summed E-state index contributed by atoms with van der Waals surface area (Å²) >= 11 is 0. The number of aliphatic hydroxyl groups excluding tert-OH is 1. The molecule has 23 heavy (non-hydrogen) atoms. The van der Waals surface area contributed by atoms with E-state index in [2.05, 4.69) is 0 Å². The van der Waals surface area contributed by atoms with Crippen molar-refractivity contribution < 1.29 is 14.4 Å². The fourth-order valence-corrected chi connectivity index (χ4v) is 2.41. The molecule has 0 amide bonds. The van der Waals surface area contributed by atoms with E-state index in [0.29, 0.717) is 12.2 Å². The highest BCUT2D eigenvalue weighted by Crippen LogP contribution is 2.30. The first-order valence-corrected chi connectivity index (χ1v) is 7.36. The van der Waals surface area contributed by atoms with Crippen molar-refractivity contribution in [2.45, 2.75) is 20.0 Å². The zero-order chi connectivity index (χ0) is 17.0. The van der Waals surface area contributed by atoms with E-state index in [9.17, 15) is 19.6 Å². The summed E-state index contributed by atoms with van der Waals surface area (Å²) < 4.78 is 13.3. The third kappa shape index (κ3) is 4.04. The maximum Gasteiger partial charge on any atom is 0.295 e. The normalized spacial score (nSPS) is 12.0. The summed E-state index contributed by atoms with van der Waals surface area (Å²) in [6.07, 6.45) is -0.791. The monoisotopic (exact) mass is 318 g/mol. The maximum atomic E-state index is 13.3. The molecule has 1 atom stereocenters. The van der Waals surface area contributed by atoms with Gasteiger partial charge in [-0.15, -0.1) is 0 Å². The van der Waals surface area contributed by atoms with Crippen molar-refractivity contribution in [2.24, 2.45) is 0 Å². The van der Waals surface area contributed by atoms with E-state index in [1.54, 1.807) is 4.90 Å². The summed E-state index contributed by atoms with van der Waals surface area (Å²) in [4.78, 5) is 12.2. The fourth-order valence-electron chi connectivity index (χ4n) is 2.41. The first kappa shape index (κ1) is 16.9. The Balaban J connectivity index is 2.26. The molecule has 1 unspecified atom stereocenters. The molecule has 1 N–H and O–H groups in total. The van der Waals surface area contributed by atoms with Gasteiger partial charge in [-0.1, -0.05) is 29.8 Å². The maximum absolute atomic E-state index is 13.3. The molecule has 6 heteroatoms. The van der Waals surface area contributed by atoms with Crippen molar-refractivity contribution in [2.75, 3.05) is 18.0 Å². The van der Waals surface area contributed by atoms with Gasteiger partial charge in [-0.05, 0) is 31.5 Å². The van der Waals surface area contributed by atoms with Gasteiger partial charge < -0.3 is 10.0 Å². The second kappa shape index (κ2) is 7.19. The number of hydrogen-bond donors (Lipinski definition) is 1. The van der Waals surface area contributed by atoms with Gasteiger partial charge in [0.15, 0.2) is 0 Å². The SMILES string of the molecule is CCN(CC(O)c1ccc(C)cc1)c1ccc(F)cc1[N+](=O)[O-]. The highest BCUT2D eigenvalue weighted by atomic mass is 19.1. The number of anilines is 1. The van der Waals surface area contributed by atoms with Crippen LogP contribution in [0.1, 0.15) is 24.2 Å². The minimum absolute atomic E-state index is 0.187. The van der Waals surface area contributed by atoms with Crippen LogP contribution in [-0.2, 0) is 0 Å². The molecule has 0 aliphatic rings. The predicted octanol–water partition coefficient (Wildman–Crippen LogP) is 3.60. The van der Waals surface area contributed by atoms with Crippen molar-refractivity contribution in [1.29, 1.82) is 0 Å². The van der Waals surface area contributed by atoms with Crippen molar-refractivity contribution in [3.05, 3.63) is 69.5 Å². The van der Waals surface area contributed by atoms with Crippen LogP contribution in [-0.4, -0.2) is 23.1 Å². The van der Waals surface area contributed by atoms with Gasteiger partial charge >= 0.3 is 0 Å². The minimum Gasteiger partial charge on any atom is -0.387 e. The zero-order valence-electron chi connectivity index (χ0n) is 13.1. The highest BCUT2D eigenvalue weighted by Gasteiger charge is 2.22. The van der Waals surface area contributed by atoms with Gasteiger partial charge in [-0.2, -0.15) is 0 Å². The van der Waals surface area contributed by atoms with E-state index in [1.807, 2.05) is 38.1 Å². The van der Waals surface area contributed by atoms with Crippen LogP contribution in [0, 0.1) is 22.9 Å². The number of nitrogens with zero attached hydrogens (tertiary/aromatic N) is 2. The third-order valence-electron chi connectivity index (χ3n) is 3.71. The molecular weight excluding hydrogens is 299 g/mol. The van der Waals surface area contributed by atoms with Crippen LogP contribution in [0.5, 0.6) is 0 Å². The number of aliphatic hydroxyl groups is 1. The summed E-state index contributed by atoms with van der Waals surface area (Å²) in [5, 5.41) is 21.5. The Morgan fingerprint density at radius 3 is 2.48 bits per heavy atom.